The molecule has 0 aliphatic heterocycles. The van der Waals surface area contributed by atoms with E-state index in [1.807, 2.05) is 6.92 Å². The van der Waals surface area contributed by atoms with Gasteiger partial charge >= 0.3 is 8.03 Å². The number of benzene rings is 1. The standard InChI is InChI=1S/C9H11O3P/c1-2-9(10)7-3-5-8(6-4-7)13(11)12/h3-6,9-10H,2H2,1H3/p+1. The van der Waals surface area contributed by atoms with Gasteiger partial charge in [0.15, 0.2) is 0 Å². The number of aliphatic hydroxyl groups excluding tert-OH is 1. The van der Waals surface area contributed by atoms with E-state index in [0.29, 0.717) is 11.7 Å². The number of hydrogen-bond donors (Lipinski definition) is 2. The first-order valence-electron chi connectivity index (χ1n) is 4.09. The Balaban J connectivity index is 2.87. The summed E-state index contributed by atoms with van der Waals surface area (Å²) in [6.45, 7) is 1.88. The van der Waals surface area contributed by atoms with Crippen molar-refractivity contribution in [3.05, 3.63) is 29.8 Å². The van der Waals surface area contributed by atoms with Crippen LogP contribution in [0.5, 0.6) is 0 Å². The molecule has 0 aliphatic rings. The van der Waals surface area contributed by atoms with E-state index in [1.54, 1.807) is 24.3 Å². The SMILES string of the molecule is CCC(O)c1ccc([P+](=O)O)cc1. The maximum absolute atomic E-state index is 10.6. The van der Waals surface area contributed by atoms with E-state index < -0.39 is 14.1 Å². The molecule has 0 aliphatic carbocycles. The molecule has 2 N–H and O–H groups in total. The van der Waals surface area contributed by atoms with E-state index in [-0.39, 0.29) is 0 Å². The van der Waals surface area contributed by atoms with Gasteiger partial charge in [0, 0.05) is 0 Å². The summed E-state index contributed by atoms with van der Waals surface area (Å²) in [5.74, 6) is 0. The van der Waals surface area contributed by atoms with Crippen LogP contribution in [0.15, 0.2) is 24.3 Å². The Hall–Kier alpha value is -0.760. The lowest BCUT2D eigenvalue weighted by molar-refractivity contribution is 0.173. The molecule has 0 aromatic heterocycles. The summed E-state index contributed by atoms with van der Waals surface area (Å²) in [5, 5.41) is 9.81. The van der Waals surface area contributed by atoms with Gasteiger partial charge in [-0.05, 0) is 28.7 Å². The molecule has 0 saturated heterocycles. The molecule has 1 aromatic carbocycles. The molecule has 13 heavy (non-hydrogen) atoms. The molecule has 0 saturated carbocycles. The highest BCUT2D eigenvalue weighted by Crippen LogP contribution is 2.18. The maximum atomic E-state index is 10.6. The van der Waals surface area contributed by atoms with Crippen molar-refractivity contribution in [3.8, 4) is 0 Å². The Morgan fingerprint density at radius 1 is 1.38 bits per heavy atom. The lowest BCUT2D eigenvalue weighted by Crippen LogP contribution is -1.99. The van der Waals surface area contributed by atoms with Crippen molar-refractivity contribution in [2.45, 2.75) is 19.4 Å². The Kier molecular flexibility index (Phi) is 3.55. The van der Waals surface area contributed by atoms with Gasteiger partial charge in [-0.2, -0.15) is 4.89 Å². The Morgan fingerprint density at radius 3 is 2.31 bits per heavy atom. The number of hydrogen-bond acceptors (Lipinski definition) is 2. The van der Waals surface area contributed by atoms with Crippen LogP contribution >= 0.6 is 8.03 Å². The van der Waals surface area contributed by atoms with Gasteiger partial charge in [-0.15, -0.1) is 0 Å². The fourth-order valence-electron chi connectivity index (χ4n) is 1.06. The summed E-state index contributed by atoms with van der Waals surface area (Å²) in [6, 6.07) is 6.47. The highest BCUT2D eigenvalue weighted by atomic mass is 31.1. The highest BCUT2D eigenvalue weighted by Gasteiger charge is 2.15. The van der Waals surface area contributed by atoms with E-state index >= 15 is 0 Å². The third-order valence-corrected chi connectivity index (χ3v) is 2.63. The molecule has 0 heterocycles. The topological polar surface area (TPSA) is 57.5 Å². The Morgan fingerprint density at radius 2 is 1.92 bits per heavy atom. The average Bonchev–Trinajstić information content (AvgIpc) is 2.17. The fourth-order valence-corrected chi connectivity index (χ4v) is 1.46. The van der Waals surface area contributed by atoms with Gasteiger partial charge in [-0.1, -0.05) is 19.1 Å². The van der Waals surface area contributed by atoms with Crippen molar-refractivity contribution < 1.29 is 14.6 Å². The zero-order chi connectivity index (χ0) is 9.84. The molecule has 0 fully saturated rings. The first kappa shape index (κ1) is 10.3. The minimum Gasteiger partial charge on any atom is -0.388 e. The quantitative estimate of drug-likeness (QED) is 0.725. The molecule has 2 unspecified atom stereocenters. The van der Waals surface area contributed by atoms with Crippen LogP contribution in [-0.4, -0.2) is 10.00 Å². The van der Waals surface area contributed by atoms with Crippen LogP contribution in [0.1, 0.15) is 25.0 Å². The summed E-state index contributed by atoms with van der Waals surface area (Å²) >= 11 is 0. The van der Waals surface area contributed by atoms with Gasteiger partial charge in [0.25, 0.3) is 0 Å². The van der Waals surface area contributed by atoms with Crippen molar-refractivity contribution in [2.75, 3.05) is 0 Å². The van der Waals surface area contributed by atoms with E-state index in [1.165, 1.54) is 0 Å². The second-order valence-electron chi connectivity index (χ2n) is 2.79. The molecule has 0 amide bonds. The lowest BCUT2D eigenvalue weighted by Gasteiger charge is -2.05. The summed E-state index contributed by atoms with van der Waals surface area (Å²) in [5.41, 5.74) is 0.781. The van der Waals surface area contributed by atoms with E-state index in [0.717, 1.165) is 5.56 Å². The normalized spacial score (nSPS) is 13.9. The van der Waals surface area contributed by atoms with Crippen LogP contribution < -0.4 is 5.30 Å². The first-order valence-corrected chi connectivity index (χ1v) is 5.30. The van der Waals surface area contributed by atoms with Crippen LogP contribution in [0.3, 0.4) is 0 Å². The lowest BCUT2D eigenvalue weighted by atomic mass is 10.1. The second kappa shape index (κ2) is 4.47. The molecule has 0 spiro atoms. The minimum atomic E-state index is -2.26. The van der Waals surface area contributed by atoms with Crippen LogP contribution in [0.2, 0.25) is 0 Å². The van der Waals surface area contributed by atoms with Crippen LogP contribution in [-0.2, 0) is 4.57 Å². The van der Waals surface area contributed by atoms with Gasteiger partial charge in [0.1, 0.15) is 0 Å². The predicted molar refractivity (Wildman–Crippen MR) is 51.2 cm³/mol. The summed E-state index contributed by atoms with van der Waals surface area (Å²) in [4.78, 5) is 8.76. The fraction of sp³-hybridized carbons (Fsp3) is 0.333. The summed E-state index contributed by atoms with van der Waals surface area (Å²) < 4.78 is 10.6. The summed E-state index contributed by atoms with van der Waals surface area (Å²) in [7, 11) is -2.26. The zero-order valence-corrected chi connectivity index (χ0v) is 8.24. The van der Waals surface area contributed by atoms with Crippen LogP contribution in [0, 0.1) is 0 Å². The molecular formula is C9H12O3P+. The van der Waals surface area contributed by atoms with E-state index in [4.69, 9.17) is 4.89 Å². The van der Waals surface area contributed by atoms with Crippen molar-refractivity contribution >= 4 is 13.3 Å². The van der Waals surface area contributed by atoms with Crippen molar-refractivity contribution in [1.82, 2.24) is 0 Å². The smallest absolute Gasteiger partial charge is 0.388 e. The van der Waals surface area contributed by atoms with Gasteiger partial charge in [0.05, 0.1) is 6.10 Å². The van der Waals surface area contributed by atoms with E-state index in [9.17, 15) is 9.67 Å². The molecule has 4 heteroatoms. The Bertz CT molecular complexity index is 294. The molecule has 2 atom stereocenters. The first-order chi connectivity index (χ1) is 6.15. The van der Waals surface area contributed by atoms with Gasteiger partial charge < -0.3 is 5.11 Å². The van der Waals surface area contributed by atoms with E-state index in [2.05, 4.69) is 0 Å². The predicted octanol–water partition coefficient (Wildman–Crippen LogP) is 1.49. The molecule has 70 valence electrons. The van der Waals surface area contributed by atoms with Crippen LogP contribution in [0.4, 0.5) is 0 Å². The van der Waals surface area contributed by atoms with Gasteiger partial charge in [0.2, 0.25) is 5.30 Å². The van der Waals surface area contributed by atoms with Crippen molar-refractivity contribution in [2.24, 2.45) is 0 Å². The third kappa shape index (κ3) is 2.59. The zero-order valence-electron chi connectivity index (χ0n) is 7.34. The summed E-state index contributed by atoms with van der Waals surface area (Å²) in [6.07, 6.45) is 0.163. The average molecular weight is 199 g/mol. The maximum Gasteiger partial charge on any atom is 0.546 e. The molecule has 3 nitrogen and oxygen atoms in total. The largest absolute Gasteiger partial charge is 0.546 e. The van der Waals surface area contributed by atoms with Crippen molar-refractivity contribution in [3.63, 3.8) is 0 Å². The third-order valence-electron chi connectivity index (χ3n) is 1.89. The van der Waals surface area contributed by atoms with Crippen molar-refractivity contribution in [1.29, 1.82) is 0 Å². The molecule has 0 radical (unpaired) electrons. The molecule has 1 rings (SSSR count). The highest BCUT2D eigenvalue weighted by molar-refractivity contribution is 7.47. The monoisotopic (exact) mass is 199 g/mol. The van der Waals surface area contributed by atoms with Crippen LogP contribution in [0.25, 0.3) is 0 Å². The van der Waals surface area contributed by atoms with Gasteiger partial charge in [-0.25, -0.2) is 0 Å². The van der Waals surface area contributed by atoms with Gasteiger partial charge in [-0.3, -0.25) is 0 Å². The minimum absolute atomic E-state index is 0.391. The number of aliphatic hydroxyl groups is 1. The molecular weight excluding hydrogens is 187 g/mol. The second-order valence-corrected chi connectivity index (χ2v) is 3.85. The molecule has 0 bridgehead atoms. The molecule has 1 aromatic rings. The Labute approximate surface area is 77.9 Å². The number of rotatable bonds is 3.